The third-order valence-corrected chi connectivity index (χ3v) is 2.95. The largest absolute Gasteiger partial charge is 0.304 e. The van der Waals surface area contributed by atoms with Gasteiger partial charge in [0.15, 0.2) is 0 Å². The summed E-state index contributed by atoms with van der Waals surface area (Å²) in [7, 11) is 0. The van der Waals surface area contributed by atoms with Gasteiger partial charge in [0.05, 0.1) is 5.69 Å². The molecule has 0 aliphatic rings. The third-order valence-electron chi connectivity index (χ3n) is 2.95. The molecule has 0 amide bonds. The maximum absolute atomic E-state index is 11.0. The number of aromatic nitrogens is 4. The Morgan fingerprint density at radius 1 is 1.11 bits per heavy atom. The minimum absolute atomic E-state index is 0.200. The Morgan fingerprint density at radius 2 is 1.89 bits per heavy atom. The van der Waals surface area contributed by atoms with Crippen molar-refractivity contribution in [2.24, 2.45) is 0 Å². The SMILES string of the molecule is Cc1nccn1-c1ccc(-c2ccc(=O)[nH]n2)cc1. The lowest BCUT2D eigenvalue weighted by Crippen LogP contribution is -2.05. The minimum atomic E-state index is -0.200. The molecule has 1 N–H and O–H groups in total. The number of rotatable bonds is 2. The third kappa shape index (κ3) is 2.18. The van der Waals surface area contributed by atoms with Crippen LogP contribution in [0.2, 0.25) is 0 Å². The number of H-pyrrole nitrogens is 1. The van der Waals surface area contributed by atoms with Crippen molar-refractivity contribution < 1.29 is 0 Å². The molecule has 2 heterocycles. The lowest BCUT2D eigenvalue weighted by Gasteiger charge is -2.06. The van der Waals surface area contributed by atoms with Gasteiger partial charge >= 0.3 is 0 Å². The van der Waals surface area contributed by atoms with E-state index in [4.69, 9.17) is 0 Å². The van der Waals surface area contributed by atoms with E-state index < -0.39 is 0 Å². The van der Waals surface area contributed by atoms with Gasteiger partial charge in [-0.15, -0.1) is 0 Å². The van der Waals surface area contributed by atoms with Crippen molar-refractivity contribution >= 4 is 0 Å². The van der Waals surface area contributed by atoms with Crippen LogP contribution in [0.4, 0.5) is 0 Å². The fourth-order valence-electron chi connectivity index (χ4n) is 1.95. The molecule has 3 rings (SSSR count). The first-order valence-electron chi connectivity index (χ1n) is 5.90. The average molecular weight is 252 g/mol. The van der Waals surface area contributed by atoms with Crippen molar-refractivity contribution in [1.82, 2.24) is 19.7 Å². The van der Waals surface area contributed by atoms with Crippen molar-refractivity contribution in [3.63, 3.8) is 0 Å². The predicted molar refractivity (Wildman–Crippen MR) is 72.2 cm³/mol. The first kappa shape index (κ1) is 11.4. The average Bonchev–Trinajstić information content (AvgIpc) is 2.86. The summed E-state index contributed by atoms with van der Waals surface area (Å²) in [5.74, 6) is 0.940. The lowest BCUT2D eigenvalue weighted by molar-refractivity contribution is 0.973. The molecule has 2 aromatic heterocycles. The van der Waals surface area contributed by atoms with Crippen LogP contribution in [0.25, 0.3) is 16.9 Å². The van der Waals surface area contributed by atoms with Crippen LogP contribution in [0, 0.1) is 6.92 Å². The van der Waals surface area contributed by atoms with Gasteiger partial charge in [0, 0.05) is 29.7 Å². The highest BCUT2D eigenvalue weighted by Crippen LogP contribution is 2.18. The fraction of sp³-hybridized carbons (Fsp3) is 0.0714. The Labute approximate surface area is 109 Å². The number of hydrogen-bond donors (Lipinski definition) is 1. The molecule has 5 heteroatoms. The summed E-state index contributed by atoms with van der Waals surface area (Å²) >= 11 is 0. The smallest absolute Gasteiger partial charge is 0.264 e. The molecule has 0 radical (unpaired) electrons. The summed E-state index contributed by atoms with van der Waals surface area (Å²) in [6, 6.07) is 11.1. The van der Waals surface area contributed by atoms with Gasteiger partial charge in [0.25, 0.3) is 5.56 Å². The Kier molecular flexibility index (Phi) is 2.72. The molecule has 0 saturated heterocycles. The van der Waals surface area contributed by atoms with Crippen molar-refractivity contribution in [1.29, 1.82) is 0 Å². The van der Waals surface area contributed by atoms with Crippen molar-refractivity contribution in [2.45, 2.75) is 6.92 Å². The number of aryl methyl sites for hydroxylation is 1. The van der Waals surface area contributed by atoms with Crippen LogP contribution < -0.4 is 5.56 Å². The van der Waals surface area contributed by atoms with Gasteiger partial charge in [-0.3, -0.25) is 4.79 Å². The Bertz CT molecular complexity index is 735. The van der Waals surface area contributed by atoms with Gasteiger partial charge in [-0.1, -0.05) is 12.1 Å². The molecule has 0 spiro atoms. The number of hydrogen-bond acceptors (Lipinski definition) is 3. The van der Waals surface area contributed by atoms with E-state index in [2.05, 4.69) is 15.2 Å². The van der Waals surface area contributed by atoms with Gasteiger partial charge in [-0.2, -0.15) is 5.10 Å². The van der Waals surface area contributed by atoms with E-state index in [0.29, 0.717) is 0 Å². The highest BCUT2D eigenvalue weighted by molar-refractivity contribution is 5.60. The quantitative estimate of drug-likeness (QED) is 0.758. The Hall–Kier alpha value is -2.69. The predicted octanol–water partition coefficient (Wildman–Crippen LogP) is 1.93. The molecule has 0 atom stereocenters. The number of aromatic amines is 1. The van der Waals surface area contributed by atoms with Crippen molar-refractivity contribution in [3.05, 3.63) is 65.0 Å². The number of nitrogens with zero attached hydrogens (tertiary/aromatic N) is 3. The van der Waals surface area contributed by atoms with Gasteiger partial charge in [-0.05, 0) is 25.1 Å². The highest BCUT2D eigenvalue weighted by Gasteiger charge is 2.02. The zero-order valence-electron chi connectivity index (χ0n) is 10.4. The molecule has 5 nitrogen and oxygen atoms in total. The summed E-state index contributed by atoms with van der Waals surface area (Å²) in [4.78, 5) is 15.2. The van der Waals surface area contributed by atoms with Crippen LogP contribution in [-0.2, 0) is 0 Å². The molecule has 0 aliphatic carbocycles. The Morgan fingerprint density at radius 3 is 2.47 bits per heavy atom. The summed E-state index contributed by atoms with van der Waals surface area (Å²) < 4.78 is 2.00. The van der Waals surface area contributed by atoms with Crippen LogP contribution >= 0.6 is 0 Å². The maximum atomic E-state index is 11.0. The number of imidazole rings is 1. The second-order valence-corrected chi connectivity index (χ2v) is 4.20. The molecule has 0 fully saturated rings. The summed E-state index contributed by atoms with van der Waals surface area (Å²) in [5.41, 5.74) is 2.55. The normalized spacial score (nSPS) is 10.6. The van der Waals surface area contributed by atoms with Crippen LogP contribution in [0.5, 0.6) is 0 Å². The molecule has 94 valence electrons. The highest BCUT2D eigenvalue weighted by atomic mass is 16.1. The van der Waals surface area contributed by atoms with Gasteiger partial charge in [-0.25, -0.2) is 10.1 Å². The summed E-state index contributed by atoms with van der Waals surface area (Å²) in [5, 5.41) is 6.43. The van der Waals surface area contributed by atoms with Gasteiger partial charge in [0.1, 0.15) is 5.82 Å². The van der Waals surface area contributed by atoms with E-state index in [0.717, 1.165) is 22.8 Å². The second kappa shape index (κ2) is 4.53. The molecule has 1 aromatic carbocycles. The molecule has 19 heavy (non-hydrogen) atoms. The summed E-state index contributed by atoms with van der Waals surface area (Å²) in [6.45, 7) is 1.96. The van der Waals surface area contributed by atoms with E-state index >= 15 is 0 Å². The number of nitrogens with one attached hydrogen (secondary N) is 1. The zero-order valence-corrected chi connectivity index (χ0v) is 10.4. The molecular weight excluding hydrogens is 240 g/mol. The van der Waals surface area contributed by atoms with Crippen molar-refractivity contribution in [2.75, 3.05) is 0 Å². The van der Waals surface area contributed by atoms with Gasteiger partial charge < -0.3 is 4.57 Å². The van der Waals surface area contributed by atoms with Crippen LogP contribution in [-0.4, -0.2) is 19.7 Å². The van der Waals surface area contributed by atoms with E-state index in [-0.39, 0.29) is 5.56 Å². The molecular formula is C14H12N4O. The lowest BCUT2D eigenvalue weighted by atomic mass is 10.1. The van der Waals surface area contributed by atoms with E-state index in [1.807, 2.05) is 42.0 Å². The first-order valence-corrected chi connectivity index (χ1v) is 5.90. The maximum Gasteiger partial charge on any atom is 0.264 e. The fourth-order valence-corrected chi connectivity index (χ4v) is 1.95. The van der Waals surface area contributed by atoms with E-state index in [1.165, 1.54) is 6.07 Å². The standard InChI is InChI=1S/C14H12N4O/c1-10-15-8-9-18(10)12-4-2-11(3-5-12)13-6-7-14(19)17-16-13/h2-9H,1H3,(H,17,19). The van der Waals surface area contributed by atoms with Gasteiger partial charge in [0.2, 0.25) is 0 Å². The van der Waals surface area contributed by atoms with Crippen molar-refractivity contribution in [3.8, 4) is 16.9 Å². The topological polar surface area (TPSA) is 63.6 Å². The van der Waals surface area contributed by atoms with Crippen LogP contribution in [0.1, 0.15) is 5.82 Å². The second-order valence-electron chi connectivity index (χ2n) is 4.20. The molecule has 0 unspecified atom stereocenters. The minimum Gasteiger partial charge on any atom is -0.304 e. The van der Waals surface area contributed by atoms with E-state index in [1.54, 1.807) is 12.3 Å². The monoisotopic (exact) mass is 252 g/mol. The molecule has 0 saturated carbocycles. The molecule has 3 aromatic rings. The zero-order chi connectivity index (χ0) is 13.2. The van der Waals surface area contributed by atoms with Crippen LogP contribution in [0.15, 0.2) is 53.6 Å². The summed E-state index contributed by atoms with van der Waals surface area (Å²) in [6.07, 6.45) is 3.69. The molecule has 0 bridgehead atoms. The molecule has 0 aliphatic heterocycles. The number of benzene rings is 1. The first-order chi connectivity index (χ1) is 9.24. The van der Waals surface area contributed by atoms with E-state index in [9.17, 15) is 4.79 Å². The van der Waals surface area contributed by atoms with Crippen LogP contribution in [0.3, 0.4) is 0 Å². The Balaban J connectivity index is 1.97.